The molecular weight excluding hydrogens is 141 g/mol. The zero-order valence-corrected chi connectivity index (χ0v) is 7.59. The standard InChI is InChI=1S/C10H12N.Li/c1-2-6-10(7-3-1)11-8-4-5-9-11;/h1-3,6H,4-5,8-9H2;. The first kappa shape index (κ1) is 8.23. The van der Waals surface area contributed by atoms with Crippen molar-refractivity contribution in [1.82, 2.24) is 0 Å². The SMILES string of the molecule is [Li][c]1ccccc1N1CCCC1. The number of anilines is 1. The zero-order valence-electron chi connectivity index (χ0n) is 7.59. The van der Waals surface area contributed by atoms with Gasteiger partial charge in [0.2, 0.25) is 0 Å². The number of hydrogen-bond acceptors (Lipinski definition) is 1. The van der Waals surface area contributed by atoms with E-state index in [0.29, 0.717) is 0 Å². The molecule has 0 bridgehead atoms. The van der Waals surface area contributed by atoms with Gasteiger partial charge in [-0.3, -0.25) is 0 Å². The summed E-state index contributed by atoms with van der Waals surface area (Å²) in [6.07, 6.45) is 2.71. The van der Waals surface area contributed by atoms with Crippen molar-refractivity contribution in [3.8, 4) is 0 Å². The van der Waals surface area contributed by atoms with Gasteiger partial charge in [-0.2, -0.15) is 0 Å². The average Bonchev–Trinajstić information content (AvgIpc) is 2.57. The molecule has 1 aliphatic heterocycles. The predicted octanol–water partition coefficient (Wildman–Crippen LogP) is 1.08. The van der Waals surface area contributed by atoms with Crippen LogP contribution in [0.4, 0.5) is 5.69 Å². The second-order valence-corrected chi connectivity index (χ2v) is 3.48. The molecule has 0 radical (unpaired) electrons. The first-order valence-corrected chi connectivity index (χ1v) is 4.68. The number of rotatable bonds is 1. The summed E-state index contributed by atoms with van der Waals surface area (Å²) in [6, 6.07) is 8.64. The topological polar surface area (TPSA) is 3.24 Å². The molecule has 2 rings (SSSR count). The van der Waals surface area contributed by atoms with Gasteiger partial charge in [-0.25, -0.2) is 0 Å². The molecule has 1 saturated heterocycles. The van der Waals surface area contributed by atoms with Crippen LogP contribution in [0.25, 0.3) is 0 Å². The van der Waals surface area contributed by atoms with E-state index in [9.17, 15) is 0 Å². The third-order valence-corrected chi connectivity index (χ3v) is 2.56. The average molecular weight is 153 g/mol. The van der Waals surface area contributed by atoms with Crippen LogP contribution >= 0.6 is 0 Å². The minimum atomic E-state index is 1.24. The summed E-state index contributed by atoms with van der Waals surface area (Å²) in [5.41, 5.74) is 1.43. The summed E-state index contributed by atoms with van der Waals surface area (Å²) in [5, 5.41) is 0. The van der Waals surface area contributed by atoms with Crippen LogP contribution in [0.5, 0.6) is 0 Å². The quantitative estimate of drug-likeness (QED) is 0.546. The second-order valence-electron chi connectivity index (χ2n) is 3.48. The molecule has 1 fully saturated rings. The molecule has 58 valence electrons. The predicted molar refractivity (Wildman–Crippen MR) is 53.3 cm³/mol. The van der Waals surface area contributed by atoms with Crippen molar-refractivity contribution in [3.63, 3.8) is 0 Å². The van der Waals surface area contributed by atoms with Gasteiger partial charge >= 0.3 is 82.7 Å². The van der Waals surface area contributed by atoms with Crippen LogP contribution in [0.1, 0.15) is 12.8 Å². The molecule has 12 heavy (non-hydrogen) atoms. The molecule has 0 saturated carbocycles. The normalized spacial score (nSPS) is 17.0. The van der Waals surface area contributed by atoms with E-state index < -0.39 is 0 Å². The van der Waals surface area contributed by atoms with E-state index in [0.717, 1.165) is 0 Å². The Kier molecular flexibility index (Phi) is 2.44. The van der Waals surface area contributed by atoms with Gasteiger partial charge in [0, 0.05) is 0 Å². The fourth-order valence-electron chi connectivity index (χ4n) is 1.88. The number of para-hydroxylation sites is 1. The Morgan fingerprint density at radius 2 is 1.75 bits per heavy atom. The number of benzene rings is 1. The van der Waals surface area contributed by atoms with E-state index in [1.165, 1.54) is 35.9 Å². The maximum absolute atomic E-state index is 2.48. The van der Waals surface area contributed by atoms with Gasteiger partial charge in [-0.1, -0.05) is 0 Å². The van der Waals surface area contributed by atoms with E-state index in [4.69, 9.17) is 0 Å². The second kappa shape index (κ2) is 3.56. The first-order valence-electron chi connectivity index (χ1n) is 4.68. The minimum absolute atomic E-state index is 1.24. The van der Waals surface area contributed by atoms with Crippen molar-refractivity contribution in [3.05, 3.63) is 24.3 Å². The van der Waals surface area contributed by atoms with Gasteiger partial charge in [0.15, 0.2) is 0 Å². The summed E-state index contributed by atoms with van der Waals surface area (Å²) >= 11 is 2.19. The molecule has 1 heterocycles. The summed E-state index contributed by atoms with van der Waals surface area (Å²) in [7, 11) is 0. The molecule has 0 spiro atoms. The van der Waals surface area contributed by atoms with E-state index >= 15 is 0 Å². The number of nitrogens with zero attached hydrogens (tertiary/aromatic N) is 1. The molecule has 1 nitrogen and oxygen atoms in total. The monoisotopic (exact) mass is 153 g/mol. The van der Waals surface area contributed by atoms with E-state index in [1.807, 2.05) is 0 Å². The van der Waals surface area contributed by atoms with E-state index in [1.54, 1.807) is 0 Å². The summed E-state index contributed by atoms with van der Waals surface area (Å²) in [5.74, 6) is 0. The van der Waals surface area contributed by atoms with Crippen LogP contribution in [-0.2, 0) is 0 Å². The van der Waals surface area contributed by atoms with Crippen LogP contribution in [0, 0.1) is 0 Å². The Labute approximate surface area is 83.0 Å². The molecule has 1 aliphatic rings. The van der Waals surface area contributed by atoms with Crippen LogP contribution in [0.3, 0.4) is 0 Å². The Balaban J connectivity index is 2.26. The Bertz CT molecular complexity index is 266. The molecule has 2 heteroatoms. The number of hydrogen-bond donors (Lipinski definition) is 0. The molecular formula is C10H12LiN. The first-order chi connectivity index (χ1) is 5.88. The summed E-state index contributed by atoms with van der Waals surface area (Å²) in [4.78, 5) is 2.48. The molecule has 1 aromatic rings. The van der Waals surface area contributed by atoms with Gasteiger partial charge in [0.05, 0.1) is 0 Å². The van der Waals surface area contributed by atoms with Crippen LogP contribution in [0.15, 0.2) is 24.3 Å². The van der Waals surface area contributed by atoms with Crippen molar-refractivity contribution >= 4 is 27.6 Å². The van der Waals surface area contributed by atoms with Crippen LogP contribution in [-0.4, -0.2) is 30.8 Å². The Hall–Kier alpha value is -0.383. The fraction of sp³-hybridized carbons (Fsp3) is 0.400. The third-order valence-electron chi connectivity index (χ3n) is 2.56. The van der Waals surface area contributed by atoms with Crippen molar-refractivity contribution in [2.24, 2.45) is 0 Å². The van der Waals surface area contributed by atoms with Crippen molar-refractivity contribution in [2.75, 3.05) is 18.0 Å². The Morgan fingerprint density at radius 1 is 1.08 bits per heavy atom. The molecule has 0 unspecified atom stereocenters. The third kappa shape index (κ3) is 1.53. The van der Waals surface area contributed by atoms with E-state index in [-0.39, 0.29) is 0 Å². The van der Waals surface area contributed by atoms with Crippen molar-refractivity contribution < 1.29 is 0 Å². The van der Waals surface area contributed by atoms with Gasteiger partial charge < -0.3 is 0 Å². The molecule has 0 amide bonds. The fourth-order valence-corrected chi connectivity index (χ4v) is 1.88. The molecule has 0 N–H and O–H groups in total. The zero-order chi connectivity index (χ0) is 8.39. The molecule has 1 aromatic carbocycles. The van der Waals surface area contributed by atoms with E-state index in [2.05, 4.69) is 46.9 Å². The Morgan fingerprint density at radius 3 is 2.42 bits per heavy atom. The molecule has 0 aliphatic carbocycles. The van der Waals surface area contributed by atoms with Crippen molar-refractivity contribution in [1.29, 1.82) is 0 Å². The van der Waals surface area contributed by atoms with Crippen LogP contribution < -0.4 is 9.14 Å². The van der Waals surface area contributed by atoms with Gasteiger partial charge in [0.25, 0.3) is 0 Å². The van der Waals surface area contributed by atoms with Gasteiger partial charge in [-0.05, 0) is 0 Å². The maximum atomic E-state index is 2.48. The summed E-state index contributed by atoms with van der Waals surface area (Å²) < 4.78 is 1.40. The summed E-state index contributed by atoms with van der Waals surface area (Å²) in [6.45, 7) is 2.48. The van der Waals surface area contributed by atoms with Crippen molar-refractivity contribution in [2.45, 2.75) is 12.8 Å². The molecule has 0 atom stereocenters. The van der Waals surface area contributed by atoms with Gasteiger partial charge in [-0.15, -0.1) is 0 Å². The van der Waals surface area contributed by atoms with Crippen LogP contribution in [0.2, 0.25) is 0 Å². The molecule has 0 aromatic heterocycles. The van der Waals surface area contributed by atoms with Gasteiger partial charge in [0.1, 0.15) is 0 Å².